The molecule has 2 aromatic carbocycles. The number of amides is 1. The lowest BCUT2D eigenvalue weighted by molar-refractivity contribution is -0.00118. The molecule has 0 spiro atoms. The molecule has 6 nitrogen and oxygen atoms in total. The number of halogens is 1. The number of hydrogen-bond donors (Lipinski definition) is 1. The Labute approximate surface area is 168 Å². The van der Waals surface area contributed by atoms with Crippen molar-refractivity contribution >= 4 is 23.2 Å². The molecular weight excluding hydrogens is 378 g/mol. The molecule has 7 heteroatoms. The van der Waals surface area contributed by atoms with Crippen molar-refractivity contribution in [3.8, 4) is 5.75 Å². The van der Waals surface area contributed by atoms with Crippen LogP contribution in [0.5, 0.6) is 5.75 Å². The average molecular weight is 398 g/mol. The van der Waals surface area contributed by atoms with Crippen molar-refractivity contribution in [2.75, 3.05) is 11.9 Å². The molecule has 3 aromatic rings. The van der Waals surface area contributed by atoms with Crippen LogP contribution < -0.4 is 10.1 Å². The highest BCUT2D eigenvalue weighted by molar-refractivity contribution is 6.30. The van der Waals surface area contributed by atoms with Gasteiger partial charge in [0, 0.05) is 10.7 Å². The van der Waals surface area contributed by atoms with Crippen LogP contribution >= 0.6 is 11.6 Å². The number of benzene rings is 2. The lowest BCUT2D eigenvalue weighted by atomic mass is 10.1. The topological polar surface area (TPSA) is 65.4 Å². The Hall–Kier alpha value is -2.83. The lowest BCUT2D eigenvalue weighted by Crippen LogP contribution is -2.22. The van der Waals surface area contributed by atoms with Gasteiger partial charge >= 0.3 is 0 Å². The molecule has 0 unspecified atom stereocenters. The minimum atomic E-state index is -0.255. The maximum absolute atomic E-state index is 12.6. The highest BCUT2D eigenvalue weighted by Gasteiger charge is 2.24. The SMILES string of the molecule is CCOc1ccc(NC(=O)c2cc3n(n2)C[C@H](c2ccc(Cl)cc2)OC3)cc1. The summed E-state index contributed by atoms with van der Waals surface area (Å²) in [6, 6.07) is 16.6. The van der Waals surface area contributed by atoms with Crippen LogP contribution in [-0.4, -0.2) is 22.3 Å². The summed E-state index contributed by atoms with van der Waals surface area (Å²) in [6.07, 6.45) is -0.119. The van der Waals surface area contributed by atoms with Gasteiger partial charge in [-0.25, -0.2) is 0 Å². The number of nitrogens with one attached hydrogen (secondary N) is 1. The van der Waals surface area contributed by atoms with Gasteiger partial charge in [0.25, 0.3) is 5.91 Å². The van der Waals surface area contributed by atoms with Crippen molar-refractivity contribution in [1.82, 2.24) is 9.78 Å². The van der Waals surface area contributed by atoms with Crippen molar-refractivity contribution in [2.45, 2.75) is 26.2 Å². The molecule has 0 saturated carbocycles. The average Bonchev–Trinajstić information content (AvgIpc) is 3.14. The summed E-state index contributed by atoms with van der Waals surface area (Å²) in [6.45, 7) is 3.48. The molecule has 4 rings (SSSR count). The number of aromatic nitrogens is 2. The largest absolute Gasteiger partial charge is 0.494 e. The smallest absolute Gasteiger partial charge is 0.276 e. The van der Waals surface area contributed by atoms with Gasteiger partial charge in [0.15, 0.2) is 5.69 Å². The van der Waals surface area contributed by atoms with Gasteiger partial charge in [0.2, 0.25) is 0 Å². The first-order valence-electron chi connectivity index (χ1n) is 9.10. The summed E-state index contributed by atoms with van der Waals surface area (Å²) in [5.74, 6) is 0.512. The Balaban J connectivity index is 1.44. The summed E-state index contributed by atoms with van der Waals surface area (Å²) in [4.78, 5) is 12.6. The van der Waals surface area contributed by atoms with Crippen LogP contribution in [0.15, 0.2) is 54.6 Å². The van der Waals surface area contributed by atoms with E-state index in [0.717, 1.165) is 17.0 Å². The van der Waals surface area contributed by atoms with Crippen LogP contribution in [0.1, 0.15) is 34.8 Å². The molecule has 1 aliphatic heterocycles. The zero-order valence-corrected chi connectivity index (χ0v) is 16.1. The first-order valence-corrected chi connectivity index (χ1v) is 9.48. The monoisotopic (exact) mass is 397 g/mol. The molecule has 1 aromatic heterocycles. The molecule has 28 heavy (non-hydrogen) atoms. The molecule has 0 fully saturated rings. The van der Waals surface area contributed by atoms with E-state index < -0.39 is 0 Å². The van der Waals surface area contributed by atoms with Crippen molar-refractivity contribution in [2.24, 2.45) is 0 Å². The summed E-state index contributed by atoms with van der Waals surface area (Å²) in [7, 11) is 0. The zero-order chi connectivity index (χ0) is 19.5. The number of anilines is 1. The van der Waals surface area contributed by atoms with Gasteiger partial charge in [-0.1, -0.05) is 23.7 Å². The molecule has 144 valence electrons. The number of nitrogens with zero attached hydrogens (tertiary/aromatic N) is 2. The molecule has 0 radical (unpaired) electrons. The Bertz CT molecular complexity index is 968. The number of fused-ring (bicyclic) bond motifs is 1. The van der Waals surface area contributed by atoms with E-state index in [-0.39, 0.29) is 12.0 Å². The van der Waals surface area contributed by atoms with Gasteiger partial charge in [-0.2, -0.15) is 5.10 Å². The number of rotatable bonds is 5. The van der Waals surface area contributed by atoms with Crippen molar-refractivity contribution < 1.29 is 14.3 Å². The second-order valence-corrected chi connectivity index (χ2v) is 6.90. The van der Waals surface area contributed by atoms with E-state index >= 15 is 0 Å². The van der Waals surface area contributed by atoms with E-state index in [0.29, 0.717) is 36.2 Å². The van der Waals surface area contributed by atoms with Gasteiger partial charge in [-0.3, -0.25) is 9.48 Å². The van der Waals surface area contributed by atoms with Crippen molar-refractivity contribution in [3.05, 3.63) is 76.6 Å². The molecule has 2 heterocycles. The van der Waals surface area contributed by atoms with Crippen LogP contribution in [-0.2, 0) is 17.9 Å². The second-order valence-electron chi connectivity index (χ2n) is 6.47. The fraction of sp³-hybridized carbons (Fsp3) is 0.238. The Kier molecular flexibility index (Phi) is 5.32. The van der Waals surface area contributed by atoms with Crippen LogP contribution in [0, 0.1) is 0 Å². The standard InChI is InChI=1S/C21H20ClN3O3/c1-2-27-18-9-7-16(8-10-18)23-21(26)19-11-17-13-28-20(12-25(17)24-19)14-3-5-15(22)6-4-14/h3-11,20H,2,12-13H2,1H3,(H,23,26)/t20-/m1/s1. The van der Waals surface area contributed by atoms with Crippen LogP contribution in [0.2, 0.25) is 5.02 Å². The molecule has 1 atom stereocenters. The number of ether oxygens (including phenoxy) is 2. The fourth-order valence-electron chi connectivity index (χ4n) is 3.11. The lowest BCUT2D eigenvalue weighted by Gasteiger charge is -2.24. The predicted molar refractivity (Wildman–Crippen MR) is 107 cm³/mol. The first kappa shape index (κ1) is 18.5. The Morgan fingerprint density at radius 1 is 1.25 bits per heavy atom. The quantitative estimate of drug-likeness (QED) is 0.690. The number of carbonyl (C=O) groups excluding carboxylic acids is 1. The van der Waals surface area contributed by atoms with Gasteiger partial charge in [-0.05, 0) is 55.0 Å². The minimum Gasteiger partial charge on any atom is -0.494 e. The third-order valence-electron chi connectivity index (χ3n) is 4.53. The zero-order valence-electron chi connectivity index (χ0n) is 15.4. The third-order valence-corrected chi connectivity index (χ3v) is 4.78. The van der Waals surface area contributed by atoms with Crippen LogP contribution in [0.4, 0.5) is 5.69 Å². The first-order chi connectivity index (χ1) is 13.6. The van der Waals surface area contributed by atoms with Crippen molar-refractivity contribution in [1.29, 1.82) is 0 Å². The molecule has 0 bridgehead atoms. The summed E-state index contributed by atoms with van der Waals surface area (Å²) < 4.78 is 13.2. The normalized spacial score (nSPS) is 15.7. The second kappa shape index (κ2) is 8.04. The minimum absolute atomic E-state index is 0.119. The van der Waals surface area contributed by atoms with Gasteiger partial charge in [-0.15, -0.1) is 0 Å². The summed E-state index contributed by atoms with van der Waals surface area (Å²) in [5.41, 5.74) is 2.96. The predicted octanol–water partition coefficient (Wildman–Crippen LogP) is 4.46. The van der Waals surface area contributed by atoms with Gasteiger partial charge in [0.1, 0.15) is 11.9 Å². The van der Waals surface area contributed by atoms with E-state index in [4.69, 9.17) is 21.1 Å². The molecule has 0 saturated heterocycles. The summed E-state index contributed by atoms with van der Waals surface area (Å²) >= 11 is 5.95. The van der Waals surface area contributed by atoms with Crippen LogP contribution in [0.3, 0.4) is 0 Å². The highest BCUT2D eigenvalue weighted by Crippen LogP contribution is 2.27. The molecule has 1 N–H and O–H groups in total. The fourth-order valence-corrected chi connectivity index (χ4v) is 3.24. The number of carbonyl (C=O) groups is 1. The highest BCUT2D eigenvalue weighted by atomic mass is 35.5. The van der Waals surface area contributed by atoms with E-state index in [9.17, 15) is 4.79 Å². The van der Waals surface area contributed by atoms with E-state index in [1.165, 1.54) is 0 Å². The molecular formula is C21H20ClN3O3. The molecule has 1 aliphatic rings. The maximum atomic E-state index is 12.6. The number of hydrogen-bond acceptors (Lipinski definition) is 4. The Morgan fingerprint density at radius 3 is 2.71 bits per heavy atom. The molecule has 1 amide bonds. The van der Waals surface area contributed by atoms with Crippen LogP contribution in [0.25, 0.3) is 0 Å². The Morgan fingerprint density at radius 2 is 2.00 bits per heavy atom. The third kappa shape index (κ3) is 4.03. The summed E-state index contributed by atoms with van der Waals surface area (Å²) in [5, 5.41) is 8.01. The van der Waals surface area contributed by atoms with E-state index in [1.807, 2.05) is 48.0 Å². The van der Waals surface area contributed by atoms with E-state index in [2.05, 4.69) is 10.4 Å². The van der Waals surface area contributed by atoms with Crippen molar-refractivity contribution in [3.63, 3.8) is 0 Å². The van der Waals surface area contributed by atoms with E-state index in [1.54, 1.807) is 18.2 Å². The molecule has 0 aliphatic carbocycles. The van der Waals surface area contributed by atoms with Gasteiger partial charge in [0.05, 0.1) is 25.5 Å². The van der Waals surface area contributed by atoms with Gasteiger partial charge < -0.3 is 14.8 Å². The maximum Gasteiger partial charge on any atom is 0.276 e.